The Morgan fingerprint density at radius 1 is 0.646 bits per heavy atom. The molecule has 9 aromatic rings. The molecule has 1 atom stereocenters. The molecule has 0 amide bonds. The van der Waals surface area contributed by atoms with Crippen molar-refractivity contribution >= 4 is 60.9 Å². The Bertz CT molecular complexity index is 2760. The van der Waals surface area contributed by atoms with E-state index in [1.807, 2.05) is 91.0 Å². The fraction of sp³-hybridized carbons (Fsp3) is 0.0952. The molecule has 1 aliphatic rings. The minimum Gasteiger partial charge on any atom is -0.299 e. The summed E-state index contributed by atoms with van der Waals surface area (Å²) in [6.45, 7) is 4.62. The van der Waals surface area contributed by atoms with Crippen molar-refractivity contribution in [3.63, 3.8) is 0 Å². The number of para-hydroxylation sites is 1. The first-order valence-electron chi connectivity index (χ1n) is 16.2. The molecular formula is C42H29FN4S. The highest BCUT2D eigenvalue weighted by Gasteiger charge is 2.35. The lowest BCUT2D eigenvalue weighted by atomic mass is 9.77. The third-order valence-corrected chi connectivity index (χ3v) is 11.4. The van der Waals surface area contributed by atoms with Gasteiger partial charge in [-0.2, -0.15) is 0 Å². The van der Waals surface area contributed by atoms with Gasteiger partial charge >= 0.3 is 0 Å². The second-order valence-electron chi connectivity index (χ2n) is 13.2. The summed E-state index contributed by atoms with van der Waals surface area (Å²) in [5, 5.41) is 5.40. The summed E-state index contributed by atoms with van der Waals surface area (Å²) in [6, 6.07) is 39.5. The lowest BCUT2D eigenvalue weighted by molar-refractivity contribution is 0.402. The van der Waals surface area contributed by atoms with Crippen LogP contribution in [-0.4, -0.2) is 18.9 Å². The minimum absolute atomic E-state index is 0.156. The minimum atomic E-state index is -1.33. The number of halogens is 1. The molecule has 5 heterocycles. The summed E-state index contributed by atoms with van der Waals surface area (Å²) in [6.07, 6.45) is 4.26. The van der Waals surface area contributed by atoms with Gasteiger partial charge in [-0.3, -0.25) is 8.97 Å². The zero-order valence-corrected chi connectivity index (χ0v) is 27.2. The van der Waals surface area contributed by atoms with Gasteiger partial charge in [0.15, 0.2) is 6.17 Å². The molecule has 1 aliphatic heterocycles. The van der Waals surface area contributed by atoms with Crippen molar-refractivity contribution < 1.29 is 4.39 Å². The van der Waals surface area contributed by atoms with E-state index < -0.39 is 6.17 Å². The van der Waals surface area contributed by atoms with Gasteiger partial charge in [-0.15, -0.1) is 0 Å². The maximum absolute atomic E-state index is 16.8. The van der Waals surface area contributed by atoms with Crippen LogP contribution in [0.2, 0.25) is 0 Å². The first kappa shape index (κ1) is 27.6. The van der Waals surface area contributed by atoms with E-state index in [0.29, 0.717) is 11.1 Å². The molecule has 10 rings (SSSR count). The van der Waals surface area contributed by atoms with Gasteiger partial charge in [0.2, 0.25) is 0 Å². The summed E-state index contributed by atoms with van der Waals surface area (Å²) < 4.78 is 21.1. The lowest BCUT2D eigenvalue weighted by Gasteiger charge is -2.35. The molecule has 0 spiro atoms. The van der Waals surface area contributed by atoms with Crippen molar-refractivity contribution in [3.05, 3.63) is 156 Å². The van der Waals surface area contributed by atoms with E-state index >= 15 is 4.39 Å². The fourth-order valence-corrected chi connectivity index (χ4v) is 9.40. The molecule has 5 aromatic carbocycles. The Labute approximate surface area is 280 Å². The van der Waals surface area contributed by atoms with Gasteiger partial charge in [0.25, 0.3) is 0 Å². The zero-order chi connectivity index (χ0) is 32.1. The quantitative estimate of drug-likeness (QED) is 0.180. The van der Waals surface area contributed by atoms with Gasteiger partial charge in [-0.25, -0.2) is 14.4 Å². The molecule has 48 heavy (non-hydrogen) atoms. The SMILES string of the molecule is CC1(C)c2ccccc2Sc2c1ccc1c2c2ccc(C(F)c3ccc4c5ccccc5n5ccnc5c4c3)cc2n1-c1ccccn1. The largest absolute Gasteiger partial charge is 0.299 e. The van der Waals surface area contributed by atoms with E-state index in [0.717, 1.165) is 49.6 Å². The fourth-order valence-electron chi connectivity index (χ4n) is 7.85. The Morgan fingerprint density at radius 2 is 1.44 bits per heavy atom. The summed E-state index contributed by atoms with van der Waals surface area (Å²) in [5.41, 5.74) is 7.62. The van der Waals surface area contributed by atoms with Crippen LogP contribution in [0.25, 0.3) is 54.9 Å². The second kappa shape index (κ2) is 10.0. The van der Waals surface area contributed by atoms with Crippen LogP contribution in [0.1, 0.15) is 42.3 Å². The van der Waals surface area contributed by atoms with Crippen molar-refractivity contribution in [3.8, 4) is 5.82 Å². The van der Waals surface area contributed by atoms with Crippen molar-refractivity contribution in [2.24, 2.45) is 0 Å². The predicted molar refractivity (Wildman–Crippen MR) is 194 cm³/mol. The van der Waals surface area contributed by atoms with Gasteiger partial charge in [-0.05, 0) is 70.1 Å². The monoisotopic (exact) mass is 640 g/mol. The van der Waals surface area contributed by atoms with Crippen LogP contribution in [0.15, 0.2) is 144 Å². The number of fused-ring (bicyclic) bond motifs is 12. The second-order valence-corrected chi connectivity index (χ2v) is 14.2. The van der Waals surface area contributed by atoms with E-state index in [1.54, 1.807) is 0 Å². The maximum Gasteiger partial charge on any atom is 0.150 e. The molecule has 1 unspecified atom stereocenters. The van der Waals surface area contributed by atoms with Gasteiger partial charge in [0, 0.05) is 55.3 Å². The van der Waals surface area contributed by atoms with Crippen LogP contribution < -0.4 is 0 Å². The standard InChI is InChI=1S/C42H29FN4S/c1-42(2)31-10-4-6-12-36(31)48-40-32(42)18-19-34-38(40)29-17-15-26(24-35(29)47(34)37-13-7-8-20-44-37)39(43)25-14-16-27-28-9-3-5-11-33(28)46-22-21-45-41(46)30(27)23-25/h3-24,39H,1-2H3. The zero-order valence-electron chi connectivity index (χ0n) is 26.4. The summed E-state index contributed by atoms with van der Waals surface area (Å²) in [4.78, 5) is 12.0. The predicted octanol–water partition coefficient (Wildman–Crippen LogP) is 11.0. The summed E-state index contributed by atoms with van der Waals surface area (Å²) >= 11 is 1.83. The molecule has 0 fully saturated rings. The molecular weight excluding hydrogens is 612 g/mol. The van der Waals surface area contributed by atoms with Crippen LogP contribution in [0.5, 0.6) is 0 Å². The van der Waals surface area contributed by atoms with Crippen LogP contribution in [-0.2, 0) is 5.41 Å². The highest BCUT2D eigenvalue weighted by atomic mass is 32.2. The molecule has 4 aromatic heterocycles. The number of benzene rings is 5. The normalized spacial score (nSPS) is 14.6. The summed E-state index contributed by atoms with van der Waals surface area (Å²) in [5.74, 6) is 0.810. The van der Waals surface area contributed by atoms with E-state index in [1.165, 1.54) is 26.3 Å². The molecule has 0 saturated heterocycles. The molecule has 0 saturated carbocycles. The molecule has 0 radical (unpaired) electrons. The van der Waals surface area contributed by atoms with Crippen molar-refractivity contribution in [1.82, 2.24) is 18.9 Å². The first-order chi connectivity index (χ1) is 23.5. The van der Waals surface area contributed by atoms with Gasteiger partial charge in [-0.1, -0.05) is 98.4 Å². The lowest BCUT2D eigenvalue weighted by Crippen LogP contribution is -2.23. The molecule has 0 aliphatic carbocycles. The average Bonchev–Trinajstić information content (AvgIpc) is 3.75. The molecule has 0 bridgehead atoms. The highest BCUT2D eigenvalue weighted by molar-refractivity contribution is 7.99. The smallest absolute Gasteiger partial charge is 0.150 e. The van der Waals surface area contributed by atoms with Crippen LogP contribution in [0.4, 0.5) is 4.39 Å². The van der Waals surface area contributed by atoms with E-state index in [-0.39, 0.29) is 5.41 Å². The third kappa shape index (κ3) is 3.78. The molecule has 230 valence electrons. The number of nitrogens with zero attached hydrogens (tertiary/aromatic N) is 4. The average molecular weight is 641 g/mol. The highest BCUT2D eigenvalue weighted by Crippen LogP contribution is 2.53. The third-order valence-electron chi connectivity index (χ3n) is 10.2. The number of aromatic nitrogens is 4. The van der Waals surface area contributed by atoms with E-state index in [9.17, 15) is 0 Å². The van der Waals surface area contributed by atoms with Crippen LogP contribution in [0, 0.1) is 0 Å². The topological polar surface area (TPSA) is 35.1 Å². The van der Waals surface area contributed by atoms with Gasteiger partial charge in [0.1, 0.15) is 11.5 Å². The number of hydrogen-bond donors (Lipinski definition) is 0. The Morgan fingerprint density at radius 3 is 2.31 bits per heavy atom. The van der Waals surface area contributed by atoms with Crippen LogP contribution >= 0.6 is 11.8 Å². The summed E-state index contributed by atoms with van der Waals surface area (Å²) in [7, 11) is 0. The number of pyridine rings is 2. The van der Waals surface area contributed by atoms with Crippen molar-refractivity contribution in [1.29, 1.82) is 0 Å². The Kier molecular flexibility index (Phi) is 5.77. The first-order valence-corrected chi connectivity index (χ1v) is 17.0. The van der Waals surface area contributed by atoms with Crippen molar-refractivity contribution in [2.75, 3.05) is 0 Å². The van der Waals surface area contributed by atoms with E-state index in [4.69, 9.17) is 4.98 Å². The molecule has 0 N–H and O–H groups in total. The number of imidazole rings is 1. The maximum atomic E-state index is 16.8. The molecule has 6 heteroatoms. The number of hydrogen-bond acceptors (Lipinski definition) is 3. The van der Waals surface area contributed by atoms with Crippen LogP contribution in [0.3, 0.4) is 0 Å². The number of rotatable bonds is 3. The Hall–Kier alpha value is -5.46. The van der Waals surface area contributed by atoms with Gasteiger partial charge in [0.05, 0.1) is 16.6 Å². The van der Waals surface area contributed by atoms with Gasteiger partial charge < -0.3 is 0 Å². The molecule has 4 nitrogen and oxygen atoms in total. The van der Waals surface area contributed by atoms with E-state index in [2.05, 4.69) is 82.4 Å². The van der Waals surface area contributed by atoms with Crippen molar-refractivity contribution in [2.45, 2.75) is 35.2 Å². The number of alkyl halides is 1. The Balaban J connectivity index is 1.19.